The Bertz CT molecular complexity index is 764. The van der Waals surface area contributed by atoms with Crippen molar-refractivity contribution in [2.75, 3.05) is 4.90 Å². The van der Waals surface area contributed by atoms with E-state index < -0.39 is 5.97 Å². The molecule has 1 aliphatic heterocycles. The number of nitriles is 1. The molecule has 0 aromatic heterocycles. The largest absolute Gasteiger partial charge is 0.481 e. The van der Waals surface area contributed by atoms with Crippen LogP contribution in [0, 0.1) is 11.3 Å². The molecule has 1 atom stereocenters. The molecule has 23 heavy (non-hydrogen) atoms. The quantitative estimate of drug-likeness (QED) is 0.878. The Morgan fingerprint density at radius 1 is 1.43 bits per heavy atom. The number of carboxylic acids is 1. The number of carbonyl (C=O) groups is 2. The van der Waals surface area contributed by atoms with Crippen molar-refractivity contribution in [3.8, 4) is 6.07 Å². The van der Waals surface area contributed by atoms with Gasteiger partial charge in [-0.05, 0) is 59.0 Å². The van der Waals surface area contributed by atoms with Gasteiger partial charge in [0.05, 0.1) is 29.8 Å². The molecule has 1 N–H and O–H groups in total. The van der Waals surface area contributed by atoms with Crippen LogP contribution < -0.4 is 4.90 Å². The summed E-state index contributed by atoms with van der Waals surface area (Å²) in [6, 6.07) is 7.11. The third-order valence-electron chi connectivity index (χ3n) is 4.42. The Kier molecular flexibility index (Phi) is 4.22. The van der Waals surface area contributed by atoms with Gasteiger partial charge in [0.2, 0.25) is 0 Å². The number of carboxylic acid groups (broad SMARTS) is 1. The van der Waals surface area contributed by atoms with E-state index in [2.05, 4.69) is 22.0 Å². The molecule has 1 fully saturated rings. The van der Waals surface area contributed by atoms with Crippen LogP contribution in [0.15, 0.2) is 33.8 Å². The molecule has 0 spiro atoms. The van der Waals surface area contributed by atoms with Crippen LogP contribution in [0.3, 0.4) is 0 Å². The fourth-order valence-electron chi connectivity index (χ4n) is 3.44. The average Bonchev–Trinajstić information content (AvgIpc) is 2.80. The molecule has 6 heteroatoms. The lowest BCUT2D eigenvalue weighted by molar-refractivity contribution is -0.136. The molecule has 1 heterocycles. The number of hydrogen-bond acceptors (Lipinski definition) is 3. The van der Waals surface area contributed by atoms with Crippen LogP contribution in [0.1, 0.15) is 37.7 Å². The monoisotopic (exact) mass is 374 g/mol. The summed E-state index contributed by atoms with van der Waals surface area (Å²) in [5.41, 5.74) is 2.60. The summed E-state index contributed by atoms with van der Waals surface area (Å²) in [6.07, 6.45) is 3.41. The molecule has 1 aromatic carbocycles. The maximum atomic E-state index is 12.8. The molecule has 1 aromatic rings. The summed E-state index contributed by atoms with van der Waals surface area (Å²) in [6.45, 7) is 0. The molecule has 1 saturated carbocycles. The van der Waals surface area contributed by atoms with E-state index in [4.69, 9.17) is 10.4 Å². The normalized spacial score (nSPS) is 20.4. The number of anilines is 1. The van der Waals surface area contributed by atoms with Gasteiger partial charge >= 0.3 is 5.97 Å². The average molecular weight is 375 g/mol. The van der Waals surface area contributed by atoms with Crippen molar-refractivity contribution in [1.82, 2.24) is 0 Å². The fraction of sp³-hybridized carbons (Fsp3) is 0.353. The van der Waals surface area contributed by atoms with Gasteiger partial charge in [-0.15, -0.1) is 0 Å². The van der Waals surface area contributed by atoms with Gasteiger partial charge < -0.3 is 10.0 Å². The predicted octanol–water partition coefficient (Wildman–Crippen LogP) is 3.38. The van der Waals surface area contributed by atoms with Gasteiger partial charge in [-0.1, -0.05) is 6.42 Å². The number of benzene rings is 1. The number of carbonyl (C=O) groups excluding carboxylic acids is 1. The molecular formula is C17H15BrN2O3. The topological polar surface area (TPSA) is 81.4 Å². The lowest BCUT2D eigenvalue weighted by atomic mass is 9.88. The van der Waals surface area contributed by atoms with Crippen molar-refractivity contribution >= 4 is 33.5 Å². The van der Waals surface area contributed by atoms with Crippen molar-refractivity contribution in [3.63, 3.8) is 0 Å². The van der Waals surface area contributed by atoms with Gasteiger partial charge in [-0.25, -0.2) is 0 Å². The minimum Gasteiger partial charge on any atom is -0.481 e. The molecular weight excluding hydrogens is 360 g/mol. The lowest BCUT2D eigenvalue weighted by Gasteiger charge is -2.30. The predicted molar refractivity (Wildman–Crippen MR) is 87.9 cm³/mol. The minimum atomic E-state index is -0.981. The molecule has 0 saturated heterocycles. The summed E-state index contributed by atoms with van der Waals surface area (Å²) in [4.78, 5) is 25.6. The smallest absolute Gasteiger partial charge is 0.308 e. The molecule has 5 nitrogen and oxygen atoms in total. The Labute approximate surface area is 142 Å². The Morgan fingerprint density at radius 2 is 2.22 bits per heavy atom. The van der Waals surface area contributed by atoms with Gasteiger partial charge in [0.25, 0.3) is 5.91 Å². The van der Waals surface area contributed by atoms with E-state index >= 15 is 0 Å². The zero-order valence-corrected chi connectivity index (χ0v) is 14.0. The fourth-order valence-corrected chi connectivity index (χ4v) is 4.01. The first-order chi connectivity index (χ1) is 11.0. The maximum Gasteiger partial charge on any atom is 0.308 e. The Morgan fingerprint density at radius 3 is 2.87 bits per heavy atom. The molecule has 1 unspecified atom stereocenters. The number of fused-ring (bicyclic) bond motifs is 1. The summed E-state index contributed by atoms with van der Waals surface area (Å²) < 4.78 is 0.673. The van der Waals surface area contributed by atoms with E-state index in [0.29, 0.717) is 21.3 Å². The van der Waals surface area contributed by atoms with Crippen LogP contribution >= 0.6 is 15.9 Å². The van der Waals surface area contributed by atoms with Gasteiger partial charge in [-0.3, -0.25) is 9.59 Å². The summed E-state index contributed by atoms with van der Waals surface area (Å²) in [5, 5.41) is 18.1. The summed E-state index contributed by atoms with van der Waals surface area (Å²) in [7, 11) is 0. The third-order valence-corrected chi connectivity index (χ3v) is 5.05. The first kappa shape index (κ1) is 15.8. The highest BCUT2D eigenvalue weighted by atomic mass is 79.9. The maximum absolute atomic E-state index is 12.8. The number of nitrogens with zero attached hydrogens (tertiary/aromatic N) is 2. The van der Waals surface area contributed by atoms with Gasteiger partial charge in [0.1, 0.15) is 0 Å². The highest BCUT2D eigenvalue weighted by Gasteiger charge is 2.41. The van der Waals surface area contributed by atoms with Crippen LogP contribution in [0.2, 0.25) is 0 Å². The van der Waals surface area contributed by atoms with E-state index in [9.17, 15) is 9.59 Å². The zero-order chi connectivity index (χ0) is 16.6. The number of halogens is 1. The number of aliphatic carboxylic acids is 1. The minimum absolute atomic E-state index is 0.0603. The second-order valence-corrected chi connectivity index (χ2v) is 6.64. The SMILES string of the molecule is N#Cc1ccc(N2C(=O)C(CC(=O)O)=C3CCCCC32)c(Br)c1. The zero-order valence-electron chi connectivity index (χ0n) is 12.4. The molecule has 118 valence electrons. The molecule has 1 amide bonds. The van der Waals surface area contributed by atoms with Crippen molar-refractivity contribution in [2.24, 2.45) is 0 Å². The second kappa shape index (κ2) is 6.17. The van der Waals surface area contributed by atoms with Gasteiger partial charge in [0.15, 0.2) is 0 Å². The number of amides is 1. The van der Waals surface area contributed by atoms with Crippen LogP contribution in [0.4, 0.5) is 5.69 Å². The van der Waals surface area contributed by atoms with Gasteiger partial charge in [-0.2, -0.15) is 5.26 Å². The number of rotatable bonds is 3. The van der Waals surface area contributed by atoms with Crippen LogP contribution in [0.25, 0.3) is 0 Å². The molecule has 0 radical (unpaired) electrons. The Hall–Kier alpha value is -2.13. The highest BCUT2D eigenvalue weighted by Crippen LogP contribution is 2.42. The summed E-state index contributed by atoms with van der Waals surface area (Å²) >= 11 is 3.43. The molecule has 3 rings (SSSR count). The standard InChI is InChI=1S/C17H15BrN2O3/c18-13-7-10(9-19)5-6-15(13)20-14-4-2-1-3-11(14)12(17(20)23)8-16(21)22/h5-7,14H,1-4,8H2,(H,21,22). The van der Waals surface area contributed by atoms with Crippen LogP contribution in [-0.2, 0) is 9.59 Å². The van der Waals surface area contributed by atoms with Crippen molar-refractivity contribution in [1.29, 1.82) is 5.26 Å². The van der Waals surface area contributed by atoms with Crippen LogP contribution in [-0.4, -0.2) is 23.0 Å². The highest BCUT2D eigenvalue weighted by molar-refractivity contribution is 9.10. The van der Waals surface area contributed by atoms with Crippen molar-refractivity contribution in [2.45, 2.75) is 38.1 Å². The van der Waals surface area contributed by atoms with E-state index in [-0.39, 0.29) is 18.4 Å². The number of hydrogen-bond donors (Lipinski definition) is 1. The van der Waals surface area contributed by atoms with E-state index in [1.54, 1.807) is 23.1 Å². The van der Waals surface area contributed by atoms with Crippen molar-refractivity contribution < 1.29 is 14.7 Å². The molecule has 2 aliphatic rings. The second-order valence-electron chi connectivity index (χ2n) is 5.79. The first-order valence-electron chi connectivity index (χ1n) is 7.50. The van der Waals surface area contributed by atoms with Crippen LogP contribution in [0.5, 0.6) is 0 Å². The Balaban J connectivity index is 2.03. The molecule has 1 aliphatic carbocycles. The van der Waals surface area contributed by atoms with Crippen molar-refractivity contribution in [3.05, 3.63) is 39.4 Å². The first-order valence-corrected chi connectivity index (χ1v) is 8.29. The van der Waals surface area contributed by atoms with E-state index in [1.807, 2.05) is 0 Å². The third kappa shape index (κ3) is 2.77. The lowest BCUT2D eigenvalue weighted by Crippen LogP contribution is -2.37. The van der Waals surface area contributed by atoms with E-state index in [1.165, 1.54) is 0 Å². The molecule has 0 bridgehead atoms. The van der Waals surface area contributed by atoms with Gasteiger partial charge in [0, 0.05) is 10.0 Å². The van der Waals surface area contributed by atoms with E-state index in [0.717, 1.165) is 31.3 Å². The summed E-state index contributed by atoms with van der Waals surface area (Å²) in [5.74, 6) is -1.20.